The topological polar surface area (TPSA) is 64.3 Å². The summed E-state index contributed by atoms with van der Waals surface area (Å²) in [5.74, 6) is -0.951. The molecular weight excluding hydrogens is 184 g/mol. The minimum atomic E-state index is -0.951. The molecule has 0 radical (unpaired) electrons. The number of rotatable bonds is 5. The van der Waals surface area contributed by atoms with Gasteiger partial charge in [0.15, 0.2) is 6.10 Å². The van der Waals surface area contributed by atoms with Crippen molar-refractivity contribution in [3.63, 3.8) is 0 Å². The summed E-state index contributed by atoms with van der Waals surface area (Å²) in [4.78, 5) is 10.4. The van der Waals surface area contributed by atoms with E-state index in [-0.39, 0.29) is 6.61 Å². The van der Waals surface area contributed by atoms with Crippen molar-refractivity contribution >= 4 is 5.97 Å². The molecular formula is C9H14N2O3. The van der Waals surface area contributed by atoms with E-state index in [1.165, 1.54) is 6.92 Å². The number of aryl methyl sites for hydroxylation is 1. The predicted octanol–water partition coefficient (Wildman–Crippen LogP) is 0.893. The Morgan fingerprint density at radius 1 is 1.79 bits per heavy atom. The molecule has 0 bridgehead atoms. The highest BCUT2D eigenvalue weighted by Gasteiger charge is 2.11. The average molecular weight is 198 g/mol. The Hall–Kier alpha value is -1.36. The summed E-state index contributed by atoms with van der Waals surface area (Å²) in [5, 5.41) is 12.6. The Bertz CT molecular complexity index is 309. The first-order valence-corrected chi connectivity index (χ1v) is 4.49. The van der Waals surface area contributed by atoms with Gasteiger partial charge in [0.1, 0.15) is 0 Å². The Labute approximate surface area is 82.3 Å². The fraction of sp³-hybridized carbons (Fsp3) is 0.556. The smallest absolute Gasteiger partial charge is 0.332 e. The van der Waals surface area contributed by atoms with Crippen LogP contribution >= 0.6 is 0 Å². The van der Waals surface area contributed by atoms with Crippen molar-refractivity contribution in [3.8, 4) is 0 Å². The van der Waals surface area contributed by atoms with Crippen molar-refractivity contribution in [2.24, 2.45) is 0 Å². The lowest BCUT2D eigenvalue weighted by atomic mass is 10.3. The molecule has 1 atom stereocenters. The fourth-order valence-electron chi connectivity index (χ4n) is 0.946. The lowest BCUT2D eigenvalue weighted by molar-refractivity contribution is -0.149. The molecule has 0 fully saturated rings. The van der Waals surface area contributed by atoms with Crippen LogP contribution in [0.2, 0.25) is 0 Å². The van der Waals surface area contributed by atoms with Crippen molar-refractivity contribution < 1.29 is 14.6 Å². The van der Waals surface area contributed by atoms with E-state index in [2.05, 4.69) is 5.10 Å². The maximum absolute atomic E-state index is 10.4. The van der Waals surface area contributed by atoms with Gasteiger partial charge in [-0.3, -0.25) is 4.68 Å². The molecule has 5 nitrogen and oxygen atoms in total. The first-order chi connectivity index (χ1) is 6.63. The van der Waals surface area contributed by atoms with Gasteiger partial charge >= 0.3 is 5.97 Å². The van der Waals surface area contributed by atoms with E-state index < -0.39 is 12.1 Å². The van der Waals surface area contributed by atoms with Gasteiger partial charge in [0.05, 0.1) is 12.8 Å². The van der Waals surface area contributed by atoms with Crippen LogP contribution in [0.15, 0.2) is 12.4 Å². The summed E-state index contributed by atoms with van der Waals surface area (Å²) in [7, 11) is 0. The van der Waals surface area contributed by atoms with Gasteiger partial charge in [-0.1, -0.05) is 0 Å². The Morgan fingerprint density at radius 3 is 3.00 bits per heavy atom. The third-order valence-corrected chi connectivity index (χ3v) is 1.86. The van der Waals surface area contributed by atoms with Crippen molar-refractivity contribution in [2.75, 3.05) is 0 Å². The second-order valence-electron chi connectivity index (χ2n) is 3.00. The van der Waals surface area contributed by atoms with E-state index in [4.69, 9.17) is 9.84 Å². The highest BCUT2D eigenvalue weighted by atomic mass is 16.5. The van der Waals surface area contributed by atoms with Crippen LogP contribution < -0.4 is 0 Å². The molecule has 1 aromatic rings. The molecule has 0 spiro atoms. The molecule has 0 saturated heterocycles. The zero-order valence-corrected chi connectivity index (χ0v) is 8.30. The summed E-state index contributed by atoms with van der Waals surface area (Å²) in [5.41, 5.74) is 0.889. The summed E-state index contributed by atoms with van der Waals surface area (Å²) in [6, 6.07) is 0. The molecule has 0 unspecified atom stereocenters. The first-order valence-electron chi connectivity index (χ1n) is 4.49. The van der Waals surface area contributed by atoms with Crippen LogP contribution in [0.3, 0.4) is 0 Å². The van der Waals surface area contributed by atoms with E-state index in [9.17, 15) is 4.79 Å². The van der Waals surface area contributed by atoms with Gasteiger partial charge in [-0.15, -0.1) is 0 Å². The molecule has 1 aromatic heterocycles. The van der Waals surface area contributed by atoms with Crippen molar-refractivity contribution in [2.45, 2.75) is 33.1 Å². The quantitative estimate of drug-likeness (QED) is 0.763. The SMILES string of the molecule is CCn1cc(CO[C@@H](C)C(=O)O)cn1. The Kier molecular flexibility index (Phi) is 3.64. The normalized spacial score (nSPS) is 12.7. The van der Waals surface area contributed by atoms with E-state index in [1.807, 2.05) is 13.1 Å². The maximum atomic E-state index is 10.4. The zero-order valence-electron chi connectivity index (χ0n) is 8.30. The largest absolute Gasteiger partial charge is 0.479 e. The lowest BCUT2D eigenvalue weighted by Gasteiger charge is -2.05. The number of carboxylic acid groups (broad SMARTS) is 1. The van der Waals surface area contributed by atoms with E-state index in [0.717, 1.165) is 12.1 Å². The lowest BCUT2D eigenvalue weighted by Crippen LogP contribution is -2.19. The van der Waals surface area contributed by atoms with Gasteiger partial charge < -0.3 is 9.84 Å². The minimum absolute atomic E-state index is 0.285. The summed E-state index contributed by atoms with van der Waals surface area (Å²) in [6.07, 6.45) is 2.74. The molecule has 1 heterocycles. The number of aromatic nitrogens is 2. The van der Waals surface area contributed by atoms with Gasteiger partial charge in [-0.05, 0) is 13.8 Å². The van der Waals surface area contributed by atoms with E-state index in [0.29, 0.717) is 0 Å². The molecule has 14 heavy (non-hydrogen) atoms. The van der Waals surface area contributed by atoms with Gasteiger partial charge in [-0.2, -0.15) is 5.10 Å². The van der Waals surface area contributed by atoms with Crippen molar-refractivity contribution in [1.29, 1.82) is 0 Å². The second-order valence-corrected chi connectivity index (χ2v) is 3.00. The number of carbonyl (C=O) groups is 1. The zero-order chi connectivity index (χ0) is 10.6. The van der Waals surface area contributed by atoms with Gasteiger partial charge in [0.25, 0.3) is 0 Å². The van der Waals surface area contributed by atoms with Gasteiger partial charge in [0.2, 0.25) is 0 Å². The number of nitrogens with zero attached hydrogens (tertiary/aromatic N) is 2. The fourth-order valence-corrected chi connectivity index (χ4v) is 0.946. The third kappa shape index (κ3) is 2.85. The number of hydrogen-bond acceptors (Lipinski definition) is 3. The summed E-state index contributed by atoms with van der Waals surface area (Å²) in [6.45, 7) is 4.58. The standard InChI is InChI=1S/C9H14N2O3/c1-3-11-5-8(4-10-11)6-14-7(2)9(12)13/h4-5,7H,3,6H2,1-2H3,(H,12,13)/t7-/m0/s1. The van der Waals surface area contributed by atoms with Crippen LogP contribution in [0.5, 0.6) is 0 Å². The second kappa shape index (κ2) is 4.76. The molecule has 0 aliphatic heterocycles. The highest BCUT2D eigenvalue weighted by molar-refractivity contribution is 5.71. The van der Waals surface area contributed by atoms with Crippen LogP contribution in [-0.2, 0) is 22.7 Å². The molecule has 0 saturated carbocycles. The molecule has 0 aliphatic rings. The number of aliphatic carboxylic acids is 1. The number of hydrogen-bond donors (Lipinski definition) is 1. The van der Waals surface area contributed by atoms with Crippen LogP contribution in [0.25, 0.3) is 0 Å². The molecule has 1 rings (SSSR count). The Balaban J connectivity index is 2.41. The summed E-state index contributed by atoms with van der Waals surface area (Å²) >= 11 is 0. The van der Waals surface area contributed by atoms with Gasteiger partial charge in [-0.25, -0.2) is 4.79 Å². The van der Waals surface area contributed by atoms with Crippen LogP contribution in [0.4, 0.5) is 0 Å². The van der Waals surface area contributed by atoms with Gasteiger partial charge in [0, 0.05) is 18.3 Å². The molecule has 1 N–H and O–H groups in total. The number of ether oxygens (including phenoxy) is 1. The molecule has 5 heteroatoms. The van der Waals surface area contributed by atoms with E-state index >= 15 is 0 Å². The molecule has 0 aliphatic carbocycles. The third-order valence-electron chi connectivity index (χ3n) is 1.86. The minimum Gasteiger partial charge on any atom is -0.479 e. The highest BCUT2D eigenvalue weighted by Crippen LogP contribution is 2.02. The summed E-state index contributed by atoms with van der Waals surface area (Å²) < 4.78 is 6.86. The van der Waals surface area contributed by atoms with Crippen molar-refractivity contribution in [1.82, 2.24) is 9.78 Å². The Morgan fingerprint density at radius 2 is 2.50 bits per heavy atom. The maximum Gasteiger partial charge on any atom is 0.332 e. The van der Waals surface area contributed by atoms with Crippen LogP contribution in [0, 0.1) is 0 Å². The van der Waals surface area contributed by atoms with Crippen LogP contribution in [0.1, 0.15) is 19.4 Å². The van der Waals surface area contributed by atoms with Crippen LogP contribution in [-0.4, -0.2) is 27.0 Å². The first kappa shape index (κ1) is 10.7. The molecule has 78 valence electrons. The average Bonchev–Trinajstić information content (AvgIpc) is 2.61. The predicted molar refractivity (Wildman–Crippen MR) is 49.8 cm³/mol. The van der Waals surface area contributed by atoms with E-state index in [1.54, 1.807) is 10.9 Å². The monoisotopic (exact) mass is 198 g/mol. The van der Waals surface area contributed by atoms with Crippen molar-refractivity contribution in [3.05, 3.63) is 18.0 Å². The number of carboxylic acids is 1. The molecule has 0 amide bonds. The molecule has 0 aromatic carbocycles.